The standard InChI is InChI=1S/C20H31ClN4O2/c1-9-14-16(21)15(13(4)23-14)17(22-12(2)3)25-10-20(8,11-25)24-18(26)27-19(5,6)7/h23H,4,9-11H2,1-3,5-8H3,(H,24,26)/b17-15-. The summed E-state index contributed by atoms with van der Waals surface area (Å²) >= 11 is 6.58. The highest BCUT2D eigenvalue weighted by Crippen LogP contribution is 2.27. The number of ether oxygens (including phenoxy) is 1. The van der Waals surface area contributed by atoms with Crippen molar-refractivity contribution in [1.82, 2.24) is 15.2 Å². The molecule has 2 N–H and O–H groups in total. The van der Waals surface area contributed by atoms with Crippen LogP contribution in [0.5, 0.6) is 0 Å². The monoisotopic (exact) mass is 394 g/mol. The number of nitrogens with zero attached hydrogens (tertiary/aromatic N) is 2. The van der Waals surface area contributed by atoms with Gasteiger partial charge in [-0.1, -0.05) is 25.1 Å². The zero-order valence-corrected chi connectivity index (χ0v) is 18.2. The molecule has 150 valence electrons. The first-order valence-electron chi connectivity index (χ1n) is 9.23. The van der Waals surface area contributed by atoms with Crippen molar-refractivity contribution < 1.29 is 9.53 Å². The van der Waals surface area contributed by atoms with Crippen molar-refractivity contribution in [1.29, 1.82) is 0 Å². The van der Waals surface area contributed by atoms with Gasteiger partial charge in [0.25, 0.3) is 0 Å². The Morgan fingerprint density at radius 2 is 2.00 bits per heavy atom. The lowest BCUT2D eigenvalue weighted by atomic mass is 9.92. The van der Waals surface area contributed by atoms with Crippen molar-refractivity contribution in [2.24, 2.45) is 4.99 Å². The Hall–Kier alpha value is -1.95. The van der Waals surface area contributed by atoms with Crippen LogP contribution in [0.25, 0.3) is 12.4 Å². The number of hydrogen-bond donors (Lipinski definition) is 2. The number of carbonyl (C=O) groups excluding carboxylic acids is 1. The van der Waals surface area contributed by atoms with E-state index >= 15 is 0 Å². The number of aliphatic imine (C=N–C) groups is 1. The number of H-pyrrole nitrogens is 1. The maximum Gasteiger partial charge on any atom is 0.408 e. The van der Waals surface area contributed by atoms with E-state index in [1.54, 1.807) is 0 Å². The maximum absolute atomic E-state index is 12.1. The molecule has 0 aromatic carbocycles. The van der Waals surface area contributed by atoms with E-state index in [4.69, 9.17) is 21.3 Å². The van der Waals surface area contributed by atoms with Crippen LogP contribution in [-0.2, 0) is 11.2 Å². The van der Waals surface area contributed by atoms with Crippen LogP contribution in [0.15, 0.2) is 4.99 Å². The van der Waals surface area contributed by atoms with E-state index in [1.165, 1.54) is 0 Å². The zero-order valence-electron chi connectivity index (χ0n) is 17.4. The van der Waals surface area contributed by atoms with Gasteiger partial charge in [-0.15, -0.1) is 0 Å². The minimum Gasteiger partial charge on any atom is -0.444 e. The smallest absolute Gasteiger partial charge is 0.408 e. The maximum atomic E-state index is 12.1. The van der Waals surface area contributed by atoms with Gasteiger partial charge >= 0.3 is 6.09 Å². The number of halogens is 1. The Kier molecular flexibility index (Phi) is 6.00. The minimum atomic E-state index is -0.525. The molecule has 1 aliphatic heterocycles. The van der Waals surface area contributed by atoms with E-state index < -0.39 is 11.7 Å². The van der Waals surface area contributed by atoms with Gasteiger partial charge in [-0.25, -0.2) is 9.79 Å². The fourth-order valence-corrected chi connectivity index (χ4v) is 3.51. The average molecular weight is 395 g/mol. The third-order valence-corrected chi connectivity index (χ3v) is 4.59. The van der Waals surface area contributed by atoms with Crippen LogP contribution >= 0.6 is 11.6 Å². The van der Waals surface area contributed by atoms with E-state index in [-0.39, 0.29) is 5.54 Å². The van der Waals surface area contributed by atoms with E-state index in [0.717, 1.165) is 34.2 Å². The topological polar surface area (TPSA) is 69.7 Å². The fourth-order valence-electron chi connectivity index (χ4n) is 3.13. The van der Waals surface area contributed by atoms with Crippen LogP contribution in [0.2, 0.25) is 5.02 Å². The first-order valence-corrected chi connectivity index (χ1v) is 9.60. The van der Waals surface area contributed by atoms with E-state index in [9.17, 15) is 4.79 Å². The molecule has 1 aromatic heterocycles. The highest BCUT2D eigenvalue weighted by Gasteiger charge is 2.42. The molecule has 7 heteroatoms. The number of nitrogens with one attached hydrogen (secondary N) is 2. The van der Waals surface area contributed by atoms with Crippen LogP contribution < -0.4 is 15.9 Å². The number of likely N-dealkylation sites (tertiary alicyclic amines) is 1. The lowest BCUT2D eigenvalue weighted by Crippen LogP contribution is -2.68. The molecule has 1 aromatic rings. The summed E-state index contributed by atoms with van der Waals surface area (Å²) in [5.74, 6) is 0.782. The molecule has 27 heavy (non-hydrogen) atoms. The predicted octanol–water partition coefficient (Wildman–Crippen LogP) is 2.79. The summed E-state index contributed by atoms with van der Waals surface area (Å²) in [5.41, 5.74) is 0.965. The van der Waals surface area contributed by atoms with Crippen molar-refractivity contribution in [2.45, 2.75) is 66.0 Å². The van der Waals surface area contributed by atoms with E-state index in [2.05, 4.69) is 21.8 Å². The first-order chi connectivity index (χ1) is 12.3. The average Bonchev–Trinajstić information content (AvgIpc) is 2.74. The highest BCUT2D eigenvalue weighted by molar-refractivity contribution is 6.31. The van der Waals surface area contributed by atoms with Crippen molar-refractivity contribution >= 4 is 35.8 Å². The van der Waals surface area contributed by atoms with Crippen LogP contribution in [0.3, 0.4) is 0 Å². The Morgan fingerprint density at radius 1 is 1.41 bits per heavy atom. The van der Waals surface area contributed by atoms with Gasteiger partial charge in [-0.2, -0.15) is 0 Å². The molecule has 1 amide bonds. The van der Waals surface area contributed by atoms with Crippen molar-refractivity contribution in [3.8, 4) is 0 Å². The molecule has 0 spiro atoms. The molecular weight excluding hydrogens is 364 g/mol. The second kappa shape index (κ2) is 7.58. The Labute approximate surface area is 166 Å². The summed E-state index contributed by atoms with van der Waals surface area (Å²) < 4.78 is 5.37. The van der Waals surface area contributed by atoms with Crippen molar-refractivity contribution in [3.05, 3.63) is 21.3 Å². The largest absolute Gasteiger partial charge is 0.444 e. The van der Waals surface area contributed by atoms with Gasteiger partial charge < -0.3 is 19.9 Å². The third kappa shape index (κ3) is 5.06. The van der Waals surface area contributed by atoms with Crippen LogP contribution in [0.4, 0.5) is 4.79 Å². The molecule has 0 radical (unpaired) electrons. The van der Waals surface area contributed by atoms with Gasteiger partial charge in [-0.05, 0) is 48.0 Å². The molecule has 0 bridgehead atoms. The Bertz CT molecular complexity index is 854. The molecule has 0 aliphatic carbocycles. The number of rotatable bonds is 4. The van der Waals surface area contributed by atoms with Crippen LogP contribution in [0.1, 0.15) is 54.2 Å². The van der Waals surface area contributed by atoms with Crippen LogP contribution in [-0.4, -0.2) is 45.9 Å². The molecule has 0 saturated carbocycles. The van der Waals surface area contributed by atoms with Gasteiger partial charge in [0, 0.05) is 29.8 Å². The predicted molar refractivity (Wildman–Crippen MR) is 111 cm³/mol. The van der Waals surface area contributed by atoms with Gasteiger partial charge in [0.2, 0.25) is 0 Å². The number of alkyl carbamates (subject to hydrolysis) is 1. The normalized spacial score (nSPS) is 17.1. The fraction of sp³-hybridized carbons (Fsp3) is 0.600. The lowest BCUT2D eigenvalue weighted by Gasteiger charge is -2.49. The number of amides is 1. The molecule has 1 aliphatic rings. The van der Waals surface area contributed by atoms with Gasteiger partial charge in [0.15, 0.2) is 0 Å². The number of aromatic nitrogens is 1. The molecule has 1 fully saturated rings. The summed E-state index contributed by atoms with van der Waals surface area (Å²) in [5, 5.41) is 5.21. The molecular formula is C20H31ClN4O2. The molecule has 2 rings (SSSR count). The first kappa shape index (κ1) is 21.4. The number of aryl methyl sites for hydroxylation is 1. The summed E-state index contributed by atoms with van der Waals surface area (Å²) in [4.78, 5) is 22.2. The summed E-state index contributed by atoms with van der Waals surface area (Å²) in [6.45, 7) is 18.8. The summed E-state index contributed by atoms with van der Waals surface area (Å²) in [7, 11) is 0. The Morgan fingerprint density at radius 3 is 2.44 bits per heavy atom. The number of carbonyl (C=O) groups is 1. The quantitative estimate of drug-likeness (QED) is 0.771. The second-order valence-corrected chi connectivity index (χ2v) is 8.93. The molecule has 0 atom stereocenters. The number of hydrogen-bond acceptors (Lipinski definition) is 4. The summed E-state index contributed by atoms with van der Waals surface area (Å²) in [6, 6.07) is 0. The van der Waals surface area contributed by atoms with Gasteiger partial charge in [0.1, 0.15) is 11.4 Å². The molecule has 2 heterocycles. The minimum absolute atomic E-state index is 0.386. The second-order valence-electron chi connectivity index (χ2n) is 8.55. The highest BCUT2D eigenvalue weighted by atomic mass is 35.5. The van der Waals surface area contributed by atoms with Gasteiger partial charge in [0.05, 0.1) is 15.8 Å². The molecule has 1 saturated heterocycles. The third-order valence-electron chi connectivity index (χ3n) is 4.18. The molecule has 6 nitrogen and oxygen atoms in total. The van der Waals surface area contributed by atoms with E-state index in [1.807, 2.05) is 48.5 Å². The van der Waals surface area contributed by atoms with Gasteiger partial charge in [-0.3, -0.25) is 0 Å². The van der Waals surface area contributed by atoms with Crippen LogP contribution in [0, 0.1) is 0 Å². The SMILES string of the molecule is C=c1[nH]c(CC)c(Cl)/c1=C(/N=C(C)C)N1CC(C)(NC(=O)OC(C)(C)C)C1. The molecule has 0 unspecified atom stereocenters. The summed E-state index contributed by atoms with van der Waals surface area (Å²) in [6.07, 6.45) is 0.383. The number of aromatic amines is 1. The lowest BCUT2D eigenvalue weighted by molar-refractivity contribution is 0.0315. The van der Waals surface area contributed by atoms with E-state index in [0.29, 0.717) is 18.1 Å². The van der Waals surface area contributed by atoms with Crippen molar-refractivity contribution in [3.63, 3.8) is 0 Å². The zero-order chi connectivity index (χ0) is 20.6. The Balaban J connectivity index is 2.30. The van der Waals surface area contributed by atoms with Crippen molar-refractivity contribution in [2.75, 3.05) is 13.1 Å².